The van der Waals surface area contributed by atoms with Gasteiger partial charge < -0.3 is 10.1 Å². The van der Waals surface area contributed by atoms with E-state index in [9.17, 15) is 4.79 Å². The van der Waals surface area contributed by atoms with Crippen LogP contribution in [0.15, 0.2) is 18.2 Å². The lowest BCUT2D eigenvalue weighted by Crippen LogP contribution is -2.31. The van der Waals surface area contributed by atoms with Crippen LogP contribution >= 0.6 is 0 Å². The molecule has 1 heterocycles. The van der Waals surface area contributed by atoms with Crippen LogP contribution in [0, 0.1) is 0 Å². The zero-order valence-electron chi connectivity index (χ0n) is 11.7. The smallest absolute Gasteiger partial charge is 0.262 e. The molecule has 1 atom stereocenters. The minimum atomic E-state index is -0.250. The highest BCUT2D eigenvalue weighted by molar-refractivity contribution is 5.95. The fourth-order valence-corrected chi connectivity index (χ4v) is 1.70. The Balaban J connectivity index is 2.08. The van der Waals surface area contributed by atoms with Crippen LogP contribution in [-0.4, -0.2) is 18.1 Å². The van der Waals surface area contributed by atoms with Crippen molar-refractivity contribution in [2.24, 2.45) is 0 Å². The molecule has 5 nitrogen and oxygen atoms in total. The number of ether oxygens (including phenoxy) is 1. The maximum Gasteiger partial charge on any atom is 0.262 e. The Morgan fingerprint density at radius 3 is 2.84 bits per heavy atom. The standard InChI is InChI=1S/C14H20N2O3/c1-9(16-19-14(2,3)4)10-5-6-12-11(7-10)15-13(17)8-18-12/h5-7,9,16H,8H2,1-4H3,(H,15,17). The number of hydrogen-bond acceptors (Lipinski definition) is 4. The SMILES string of the molecule is CC(NOC(C)(C)C)c1ccc2c(c1)NC(=O)CO2. The monoisotopic (exact) mass is 264 g/mol. The maximum absolute atomic E-state index is 11.3. The molecule has 0 saturated heterocycles. The second-order valence-electron chi connectivity index (χ2n) is 5.65. The van der Waals surface area contributed by atoms with Crippen molar-refractivity contribution in [2.45, 2.75) is 39.3 Å². The summed E-state index contributed by atoms with van der Waals surface area (Å²) in [6.07, 6.45) is 0. The number of benzene rings is 1. The quantitative estimate of drug-likeness (QED) is 0.823. The lowest BCUT2D eigenvalue weighted by molar-refractivity contribution is -0.118. The summed E-state index contributed by atoms with van der Waals surface area (Å²) in [5.74, 6) is 0.573. The van der Waals surface area contributed by atoms with E-state index < -0.39 is 0 Å². The van der Waals surface area contributed by atoms with Gasteiger partial charge in [0.1, 0.15) is 5.75 Å². The fraction of sp³-hybridized carbons (Fsp3) is 0.500. The molecule has 2 N–H and O–H groups in total. The van der Waals surface area contributed by atoms with Crippen LogP contribution in [0.5, 0.6) is 5.75 Å². The number of hydrogen-bond donors (Lipinski definition) is 2. The van der Waals surface area contributed by atoms with Crippen LogP contribution in [0.1, 0.15) is 39.3 Å². The van der Waals surface area contributed by atoms with Crippen molar-refractivity contribution in [1.29, 1.82) is 0 Å². The molecule has 1 aromatic rings. The molecule has 0 spiro atoms. The molecule has 0 fully saturated rings. The summed E-state index contributed by atoms with van der Waals surface area (Å²) in [5.41, 5.74) is 4.48. The van der Waals surface area contributed by atoms with Crippen molar-refractivity contribution < 1.29 is 14.4 Å². The first-order valence-corrected chi connectivity index (χ1v) is 6.35. The normalized spacial score (nSPS) is 16.3. The number of carbonyl (C=O) groups is 1. The van der Waals surface area contributed by atoms with Gasteiger partial charge in [-0.1, -0.05) is 6.07 Å². The third-order valence-electron chi connectivity index (χ3n) is 2.68. The molecule has 0 aromatic heterocycles. The fourth-order valence-electron chi connectivity index (χ4n) is 1.70. The zero-order chi connectivity index (χ0) is 14.0. The highest BCUT2D eigenvalue weighted by Gasteiger charge is 2.18. The van der Waals surface area contributed by atoms with Crippen molar-refractivity contribution in [3.63, 3.8) is 0 Å². The molecular weight excluding hydrogens is 244 g/mol. The van der Waals surface area contributed by atoms with Crippen LogP contribution in [-0.2, 0) is 9.63 Å². The summed E-state index contributed by atoms with van der Waals surface area (Å²) in [7, 11) is 0. The number of nitrogens with one attached hydrogen (secondary N) is 2. The summed E-state index contributed by atoms with van der Waals surface area (Å²) in [4.78, 5) is 16.8. The first-order valence-electron chi connectivity index (χ1n) is 6.35. The van der Waals surface area contributed by atoms with E-state index in [1.165, 1.54) is 0 Å². The van der Waals surface area contributed by atoms with Crippen molar-refractivity contribution in [3.05, 3.63) is 23.8 Å². The van der Waals surface area contributed by atoms with Gasteiger partial charge in [0.05, 0.1) is 17.3 Å². The van der Waals surface area contributed by atoms with Crippen molar-refractivity contribution in [1.82, 2.24) is 5.48 Å². The number of anilines is 1. The molecule has 104 valence electrons. The molecule has 1 aromatic carbocycles. The van der Waals surface area contributed by atoms with E-state index in [0.29, 0.717) is 11.4 Å². The van der Waals surface area contributed by atoms with Gasteiger partial charge in [-0.15, -0.1) is 0 Å². The number of amides is 1. The molecule has 0 bridgehead atoms. The summed E-state index contributed by atoms with van der Waals surface area (Å²) in [5, 5.41) is 2.79. The van der Waals surface area contributed by atoms with E-state index in [1.807, 2.05) is 45.9 Å². The van der Waals surface area contributed by atoms with Gasteiger partial charge in [0.2, 0.25) is 0 Å². The topological polar surface area (TPSA) is 59.6 Å². The van der Waals surface area contributed by atoms with Crippen LogP contribution in [0.2, 0.25) is 0 Å². The van der Waals surface area contributed by atoms with Gasteiger partial charge in [-0.3, -0.25) is 9.63 Å². The van der Waals surface area contributed by atoms with Crippen molar-refractivity contribution >= 4 is 11.6 Å². The zero-order valence-corrected chi connectivity index (χ0v) is 11.7. The highest BCUT2D eigenvalue weighted by Crippen LogP contribution is 2.30. The van der Waals surface area contributed by atoms with Crippen LogP contribution in [0.4, 0.5) is 5.69 Å². The Hall–Kier alpha value is -1.59. The van der Waals surface area contributed by atoms with Gasteiger partial charge >= 0.3 is 0 Å². The largest absolute Gasteiger partial charge is 0.482 e. The van der Waals surface area contributed by atoms with Gasteiger partial charge in [0.25, 0.3) is 5.91 Å². The molecular formula is C14H20N2O3. The summed E-state index contributed by atoms with van der Waals surface area (Å²) in [6, 6.07) is 5.73. The average molecular weight is 264 g/mol. The lowest BCUT2D eigenvalue weighted by atomic mass is 10.1. The van der Waals surface area contributed by atoms with E-state index in [1.54, 1.807) is 0 Å². The van der Waals surface area contributed by atoms with Crippen LogP contribution in [0.3, 0.4) is 0 Å². The maximum atomic E-state index is 11.3. The molecule has 5 heteroatoms. The van der Waals surface area contributed by atoms with Gasteiger partial charge in [0, 0.05) is 0 Å². The Morgan fingerprint density at radius 2 is 2.16 bits per heavy atom. The van der Waals surface area contributed by atoms with E-state index >= 15 is 0 Å². The predicted molar refractivity (Wildman–Crippen MR) is 73.0 cm³/mol. The van der Waals surface area contributed by atoms with Gasteiger partial charge in [-0.05, 0) is 45.4 Å². The first-order chi connectivity index (χ1) is 8.85. The molecule has 1 aliphatic rings. The second-order valence-corrected chi connectivity index (χ2v) is 5.65. The Kier molecular flexibility index (Phi) is 3.78. The number of hydroxylamine groups is 1. The van der Waals surface area contributed by atoms with Gasteiger partial charge in [-0.2, -0.15) is 5.48 Å². The molecule has 0 aliphatic carbocycles. The van der Waals surface area contributed by atoms with Crippen LogP contribution in [0.25, 0.3) is 0 Å². The molecule has 2 rings (SSSR count). The highest BCUT2D eigenvalue weighted by atomic mass is 16.7. The van der Waals surface area contributed by atoms with Gasteiger partial charge in [0.15, 0.2) is 6.61 Å². The summed E-state index contributed by atoms with van der Waals surface area (Å²) >= 11 is 0. The van der Waals surface area contributed by atoms with E-state index in [2.05, 4.69) is 10.8 Å². The number of fused-ring (bicyclic) bond motifs is 1. The minimum absolute atomic E-state index is 0.0170. The minimum Gasteiger partial charge on any atom is -0.482 e. The molecule has 1 amide bonds. The number of rotatable bonds is 3. The summed E-state index contributed by atoms with van der Waals surface area (Å²) in [6.45, 7) is 8.02. The Morgan fingerprint density at radius 1 is 1.42 bits per heavy atom. The molecule has 0 saturated carbocycles. The molecule has 1 unspecified atom stereocenters. The van der Waals surface area contributed by atoms with E-state index in [0.717, 1.165) is 5.56 Å². The van der Waals surface area contributed by atoms with Crippen molar-refractivity contribution in [2.75, 3.05) is 11.9 Å². The predicted octanol–water partition coefficient (Wildman–Crippen LogP) is 2.40. The van der Waals surface area contributed by atoms with E-state index in [4.69, 9.17) is 9.57 Å². The lowest BCUT2D eigenvalue weighted by Gasteiger charge is -2.24. The average Bonchev–Trinajstić information content (AvgIpc) is 2.34. The summed E-state index contributed by atoms with van der Waals surface area (Å²) < 4.78 is 5.32. The molecule has 1 aliphatic heterocycles. The van der Waals surface area contributed by atoms with E-state index in [-0.39, 0.29) is 24.2 Å². The third kappa shape index (κ3) is 3.68. The Bertz CT molecular complexity index is 480. The first kappa shape index (κ1) is 13.8. The number of carbonyl (C=O) groups excluding carboxylic acids is 1. The van der Waals surface area contributed by atoms with Gasteiger partial charge in [-0.25, -0.2) is 0 Å². The Labute approximate surface area is 113 Å². The third-order valence-corrected chi connectivity index (χ3v) is 2.68. The molecule has 0 radical (unpaired) electrons. The second kappa shape index (κ2) is 5.19. The van der Waals surface area contributed by atoms with Crippen LogP contribution < -0.4 is 15.5 Å². The van der Waals surface area contributed by atoms with Crippen molar-refractivity contribution in [3.8, 4) is 5.75 Å². The molecule has 19 heavy (non-hydrogen) atoms.